The summed E-state index contributed by atoms with van der Waals surface area (Å²) < 4.78 is 0. The standard InChI is InChI=1S/C34H50/c1-22-30(20-33-15-24-4-10-28(33)11-5-24)17-26(19-32-14-23-2-8-27(32)9-3-23)18-31(22)21-34-16-25-6-12-29(34)13-7-25/h17-18,23-25,27-29,32-34H,2-16,19-21H2,1H3. The predicted molar refractivity (Wildman–Crippen MR) is 143 cm³/mol. The summed E-state index contributed by atoms with van der Waals surface area (Å²) in [6, 6.07) is 5.49. The lowest BCUT2D eigenvalue weighted by Crippen LogP contribution is -2.33. The third kappa shape index (κ3) is 4.32. The van der Waals surface area contributed by atoms with Crippen LogP contribution in [0.5, 0.6) is 0 Å². The molecule has 0 spiro atoms. The molecule has 1 aromatic carbocycles. The zero-order valence-electron chi connectivity index (χ0n) is 22.1. The molecule has 9 aliphatic carbocycles. The van der Waals surface area contributed by atoms with Crippen LogP contribution >= 0.6 is 0 Å². The Morgan fingerprint density at radius 3 is 1.18 bits per heavy atom. The molecule has 0 aliphatic heterocycles. The fourth-order valence-corrected chi connectivity index (χ4v) is 10.6. The molecule has 0 aromatic heterocycles. The fraction of sp³-hybridized carbons (Fsp3) is 0.824. The Balaban J connectivity index is 1.15. The molecule has 0 heteroatoms. The molecule has 9 aliphatic rings. The van der Waals surface area contributed by atoms with Gasteiger partial charge in [0.1, 0.15) is 0 Å². The average molecular weight is 459 g/mol. The Hall–Kier alpha value is -0.780. The molecule has 0 amide bonds. The maximum absolute atomic E-state index is 2.75. The van der Waals surface area contributed by atoms with Crippen LogP contribution in [0.2, 0.25) is 0 Å². The van der Waals surface area contributed by atoms with Gasteiger partial charge in [-0.1, -0.05) is 50.7 Å². The van der Waals surface area contributed by atoms with Crippen molar-refractivity contribution in [3.63, 3.8) is 0 Å². The van der Waals surface area contributed by atoms with E-state index in [4.69, 9.17) is 0 Å². The number of hydrogen-bond donors (Lipinski definition) is 0. The summed E-state index contributed by atoms with van der Waals surface area (Å²) in [6.45, 7) is 2.53. The molecule has 0 radical (unpaired) electrons. The third-order valence-corrected chi connectivity index (χ3v) is 12.7. The Morgan fingerprint density at radius 2 is 0.853 bits per heavy atom. The summed E-state index contributed by atoms with van der Waals surface area (Å²) in [5.74, 6) is 9.29. The zero-order chi connectivity index (χ0) is 22.6. The van der Waals surface area contributed by atoms with Crippen molar-refractivity contribution in [2.45, 2.75) is 122 Å². The van der Waals surface area contributed by atoms with Crippen LogP contribution in [0.25, 0.3) is 0 Å². The summed E-state index contributed by atoms with van der Waals surface area (Å²) in [6.07, 6.45) is 27.3. The van der Waals surface area contributed by atoms with E-state index in [0.29, 0.717) is 0 Å². The average Bonchev–Trinajstić information content (AvgIpc) is 2.89. The van der Waals surface area contributed by atoms with E-state index < -0.39 is 0 Å². The minimum Gasteiger partial charge on any atom is -0.0555 e. The van der Waals surface area contributed by atoms with Crippen molar-refractivity contribution in [3.8, 4) is 0 Å². The Morgan fingerprint density at radius 1 is 0.500 bits per heavy atom. The van der Waals surface area contributed by atoms with Gasteiger partial charge < -0.3 is 0 Å². The first kappa shape index (κ1) is 22.4. The summed E-state index contributed by atoms with van der Waals surface area (Å²) in [4.78, 5) is 0. The molecular formula is C34H50. The molecule has 0 saturated heterocycles. The molecule has 3 unspecified atom stereocenters. The third-order valence-electron chi connectivity index (χ3n) is 12.7. The van der Waals surface area contributed by atoms with Crippen LogP contribution in [0.4, 0.5) is 0 Å². The van der Waals surface area contributed by atoms with Crippen molar-refractivity contribution >= 4 is 0 Å². The van der Waals surface area contributed by atoms with Gasteiger partial charge in [0.2, 0.25) is 0 Å². The van der Waals surface area contributed by atoms with E-state index in [1.807, 2.05) is 0 Å². The number of fused-ring (bicyclic) bond motifs is 9. The molecule has 6 bridgehead atoms. The van der Waals surface area contributed by atoms with Crippen LogP contribution in [0, 0.1) is 60.2 Å². The zero-order valence-corrected chi connectivity index (χ0v) is 22.1. The number of rotatable bonds is 6. The molecule has 10 rings (SSSR count). The van der Waals surface area contributed by atoms with Gasteiger partial charge in [0.25, 0.3) is 0 Å². The first-order valence-electron chi connectivity index (χ1n) is 15.8. The van der Waals surface area contributed by atoms with Gasteiger partial charge in [0, 0.05) is 0 Å². The van der Waals surface area contributed by atoms with Gasteiger partial charge in [-0.3, -0.25) is 0 Å². The minimum atomic E-state index is 0.991. The maximum Gasteiger partial charge on any atom is -0.0245 e. The fourth-order valence-electron chi connectivity index (χ4n) is 10.6. The van der Waals surface area contributed by atoms with Crippen molar-refractivity contribution in [1.82, 2.24) is 0 Å². The monoisotopic (exact) mass is 458 g/mol. The van der Waals surface area contributed by atoms with Gasteiger partial charge in [0.15, 0.2) is 0 Å². The highest BCUT2D eigenvalue weighted by molar-refractivity contribution is 5.40. The van der Waals surface area contributed by atoms with E-state index in [9.17, 15) is 0 Å². The maximum atomic E-state index is 2.75. The predicted octanol–water partition coefficient (Wildman–Crippen LogP) is 9.10. The normalized spacial score (nSPS) is 42.9. The molecule has 9 saturated carbocycles. The van der Waals surface area contributed by atoms with Crippen molar-refractivity contribution in [2.75, 3.05) is 0 Å². The molecule has 3 atom stereocenters. The lowest BCUT2D eigenvalue weighted by molar-refractivity contribution is 0.0969. The largest absolute Gasteiger partial charge is 0.0555 e. The van der Waals surface area contributed by atoms with E-state index in [1.165, 1.54) is 57.8 Å². The van der Waals surface area contributed by atoms with Crippen LogP contribution in [0.3, 0.4) is 0 Å². The second-order valence-electron chi connectivity index (χ2n) is 14.5. The Kier molecular flexibility index (Phi) is 6.11. The summed E-state index contributed by atoms with van der Waals surface area (Å²) in [5.41, 5.74) is 7.03. The van der Waals surface area contributed by atoms with E-state index in [-0.39, 0.29) is 0 Å². The van der Waals surface area contributed by atoms with Gasteiger partial charge in [-0.25, -0.2) is 0 Å². The van der Waals surface area contributed by atoms with E-state index in [0.717, 1.165) is 53.3 Å². The van der Waals surface area contributed by atoms with Gasteiger partial charge in [-0.05, 0) is 159 Å². The van der Waals surface area contributed by atoms with Gasteiger partial charge >= 0.3 is 0 Å². The SMILES string of the molecule is Cc1c(CC2CC3CCC2CC3)cc(CC2CC3CCC2CC3)cc1CC1CC2CCC1CC2. The second-order valence-corrected chi connectivity index (χ2v) is 14.5. The highest BCUT2D eigenvalue weighted by Gasteiger charge is 2.38. The first-order valence-corrected chi connectivity index (χ1v) is 15.8. The number of benzene rings is 1. The summed E-state index contributed by atoms with van der Waals surface area (Å²) in [7, 11) is 0. The van der Waals surface area contributed by atoms with Crippen molar-refractivity contribution < 1.29 is 0 Å². The van der Waals surface area contributed by atoms with Gasteiger partial charge in [-0.2, -0.15) is 0 Å². The van der Waals surface area contributed by atoms with Crippen molar-refractivity contribution in [1.29, 1.82) is 0 Å². The van der Waals surface area contributed by atoms with Gasteiger partial charge in [-0.15, -0.1) is 0 Å². The van der Waals surface area contributed by atoms with Crippen LogP contribution in [-0.2, 0) is 19.3 Å². The Labute approximate surface area is 210 Å². The van der Waals surface area contributed by atoms with E-state index >= 15 is 0 Å². The van der Waals surface area contributed by atoms with Crippen LogP contribution < -0.4 is 0 Å². The lowest BCUT2D eigenvalue weighted by Gasteiger charge is -2.44. The van der Waals surface area contributed by atoms with Crippen molar-refractivity contribution in [2.24, 2.45) is 53.3 Å². The first-order chi connectivity index (χ1) is 16.7. The van der Waals surface area contributed by atoms with E-state index in [2.05, 4.69) is 19.1 Å². The van der Waals surface area contributed by atoms with Crippen LogP contribution in [-0.4, -0.2) is 0 Å². The molecule has 186 valence electrons. The molecule has 1 aromatic rings. The molecular weight excluding hydrogens is 408 g/mol. The lowest BCUT2D eigenvalue weighted by atomic mass is 9.62. The quantitative estimate of drug-likeness (QED) is 0.399. The smallest absolute Gasteiger partial charge is 0.0245 e. The minimum absolute atomic E-state index is 0.991. The Bertz CT molecular complexity index is 803. The van der Waals surface area contributed by atoms with Crippen LogP contribution in [0.15, 0.2) is 12.1 Å². The van der Waals surface area contributed by atoms with Crippen LogP contribution in [0.1, 0.15) is 119 Å². The topological polar surface area (TPSA) is 0 Å². The second kappa shape index (κ2) is 9.27. The van der Waals surface area contributed by atoms with E-state index in [1.54, 1.807) is 80.0 Å². The molecule has 0 nitrogen and oxygen atoms in total. The highest BCUT2D eigenvalue weighted by Crippen LogP contribution is 2.49. The molecule has 34 heavy (non-hydrogen) atoms. The molecule has 0 heterocycles. The summed E-state index contributed by atoms with van der Waals surface area (Å²) in [5, 5.41) is 0. The highest BCUT2D eigenvalue weighted by atomic mass is 14.4. The number of hydrogen-bond acceptors (Lipinski definition) is 0. The summed E-state index contributed by atoms with van der Waals surface area (Å²) >= 11 is 0. The van der Waals surface area contributed by atoms with Gasteiger partial charge in [0.05, 0.1) is 0 Å². The van der Waals surface area contributed by atoms with Crippen molar-refractivity contribution in [3.05, 3.63) is 34.4 Å². The molecule has 0 N–H and O–H groups in total. The molecule has 9 fully saturated rings.